The van der Waals surface area contributed by atoms with Gasteiger partial charge in [0.2, 0.25) is 0 Å². The molecule has 154 valence electrons. The van der Waals surface area contributed by atoms with Gasteiger partial charge >= 0.3 is 23.9 Å². The number of hydrogen-bond acceptors (Lipinski definition) is 7. The van der Waals surface area contributed by atoms with Gasteiger partial charge in [-0.25, -0.2) is 0 Å². The molecule has 1 aliphatic carbocycles. The second-order valence-electron chi connectivity index (χ2n) is 6.19. The van der Waals surface area contributed by atoms with Crippen molar-refractivity contribution in [2.45, 2.75) is 63.7 Å². The van der Waals surface area contributed by atoms with Crippen molar-refractivity contribution in [1.29, 1.82) is 0 Å². The molecule has 0 amide bonds. The summed E-state index contributed by atoms with van der Waals surface area (Å²) >= 11 is 5.63. The van der Waals surface area contributed by atoms with Crippen LogP contribution in [0.5, 0.6) is 0 Å². The Balaban J connectivity index is 3.10. The third-order valence-electron chi connectivity index (χ3n) is 3.87. The zero-order valence-electron chi connectivity index (χ0n) is 14.9. The van der Waals surface area contributed by atoms with Crippen molar-refractivity contribution in [3.8, 4) is 0 Å². The van der Waals surface area contributed by atoms with E-state index in [1.165, 1.54) is 0 Å². The fourth-order valence-electron chi connectivity index (χ4n) is 2.55. The number of halogens is 3. The number of carboxylic acid groups (broad SMARTS) is 1. The van der Waals surface area contributed by atoms with Crippen molar-refractivity contribution < 1.29 is 38.5 Å². The predicted molar refractivity (Wildman–Crippen MR) is 120 cm³/mol. The van der Waals surface area contributed by atoms with E-state index in [0.29, 0.717) is 0 Å². The summed E-state index contributed by atoms with van der Waals surface area (Å²) in [4.78, 5) is 47.8. The molecule has 0 aromatic rings. The molecule has 27 heavy (non-hydrogen) atoms. The molecule has 0 spiro atoms. The Bertz CT molecular complexity index is 546. The molecule has 0 saturated heterocycles. The zero-order chi connectivity index (χ0) is 20.9. The molecule has 0 bridgehead atoms. The first kappa shape index (κ1) is 25.1. The minimum Gasteiger partial charge on any atom is -0.481 e. The molecule has 5 atom stereocenters. The number of rotatable bonds is 7. The van der Waals surface area contributed by atoms with Crippen LogP contribution in [0, 0.1) is 5.92 Å². The normalized spacial score (nSPS) is 28.4. The molecular formula is C16H21I3O8. The standard InChI is InChI=1S/C16H21I3O8/c1-6(17)14(22)25-9-4-10(26-15(23)7(2)18)12(13(20)21)11(5-9)27-16(24)8(3)19/h6-12H,4-5H2,1-3H3,(H,20,21). The van der Waals surface area contributed by atoms with Gasteiger partial charge in [0.25, 0.3) is 0 Å². The van der Waals surface area contributed by atoms with E-state index < -0.39 is 59.9 Å². The first-order valence-electron chi connectivity index (χ1n) is 8.20. The van der Waals surface area contributed by atoms with Gasteiger partial charge in [-0.3, -0.25) is 19.2 Å². The largest absolute Gasteiger partial charge is 0.481 e. The quantitative estimate of drug-likeness (QED) is 0.185. The maximum absolute atomic E-state index is 12.0. The monoisotopic (exact) mass is 722 g/mol. The van der Waals surface area contributed by atoms with E-state index in [4.69, 9.17) is 14.2 Å². The molecule has 0 aliphatic heterocycles. The molecule has 0 heterocycles. The Kier molecular flexibility index (Phi) is 10.5. The Morgan fingerprint density at radius 1 is 0.778 bits per heavy atom. The molecule has 8 nitrogen and oxygen atoms in total. The molecular weight excluding hydrogens is 701 g/mol. The number of carboxylic acids is 1. The third-order valence-corrected chi connectivity index (χ3v) is 5.39. The number of esters is 3. The van der Waals surface area contributed by atoms with E-state index in [1.54, 1.807) is 20.8 Å². The van der Waals surface area contributed by atoms with Crippen molar-refractivity contribution in [2.24, 2.45) is 5.92 Å². The van der Waals surface area contributed by atoms with Crippen LogP contribution in [0.25, 0.3) is 0 Å². The van der Waals surface area contributed by atoms with Crippen LogP contribution in [0.2, 0.25) is 0 Å². The summed E-state index contributed by atoms with van der Waals surface area (Å²) in [6, 6.07) is 0. The first-order chi connectivity index (χ1) is 12.4. The number of alkyl halides is 3. The van der Waals surface area contributed by atoms with Gasteiger partial charge < -0.3 is 19.3 Å². The van der Waals surface area contributed by atoms with Gasteiger partial charge in [0.1, 0.15) is 36.0 Å². The van der Waals surface area contributed by atoms with E-state index in [-0.39, 0.29) is 12.8 Å². The van der Waals surface area contributed by atoms with Crippen LogP contribution in [0.15, 0.2) is 0 Å². The van der Waals surface area contributed by atoms with Gasteiger partial charge in [-0.2, -0.15) is 0 Å². The molecule has 1 saturated carbocycles. The Labute approximate surface area is 198 Å². The van der Waals surface area contributed by atoms with Crippen molar-refractivity contribution in [3.63, 3.8) is 0 Å². The molecule has 0 aromatic carbocycles. The fourth-order valence-corrected chi connectivity index (χ4v) is 2.99. The lowest BCUT2D eigenvalue weighted by atomic mass is 9.82. The highest BCUT2D eigenvalue weighted by Gasteiger charge is 2.48. The molecule has 0 aromatic heterocycles. The van der Waals surface area contributed by atoms with Crippen molar-refractivity contribution in [1.82, 2.24) is 0 Å². The van der Waals surface area contributed by atoms with Crippen molar-refractivity contribution in [3.05, 3.63) is 0 Å². The SMILES string of the molecule is CC(I)C(=O)OC1CC(OC(=O)C(C)I)C(C(=O)O)C(OC(=O)C(C)I)C1. The van der Waals surface area contributed by atoms with Crippen LogP contribution in [0.1, 0.15) is 33.6 Å². The van der Waals surface area contributed by atoms with Crippen molar-refractivity contribution in [2.75, 3.05) is 0 Å². The summed E-state index contributed by atoms with van der Waals surface area (Å²) in [5.41, 5.74) is 0. The van der Waals surface area contributed by atoms with E-state index in [2.05, 4.69) is 0 Å². The lowest BCUT2D eigenvalue weighted by Gasteiger charge is -2.38. The summed E-state index contributed by atoms with van der Waals surface area (Å²) in [6.45, 7) is 4.90. The van der Waals surface area contributed by atoms with Gasteiger partial charge in [-0.15, -0.1) is 0 Å². The first-order valence-corrected chi connectivity index (χ1v) is 11.9. The predicted octanol–water partition coefficient (Wildman–Crippen LogP) is 2.69. The average molecular weight is 722 g/mol. The van der Waals surface area contributed by atoms with Crippen LogP contribution in [0.4, 0.5) is 0 Å². The molecule has 1 N–H and O–H groups in total. The number of aliphatic carboxylic acids is 1. The highest BCUT2D eigenvalue weighted by Crippen LogP contribution is 2.33. The summed E-state index contributed by atoms with van der Waals surface area (Å²) in [7, 11) is 0. The zero-order valence-corrected chi connectivity index (χ0v) is 21.4. The van der Waals surface area contributed by atoms with Crippen LogP contribution >= 0.6 is 67.8 Å². The van der Waals surface area contributed by atoms with Gasteiger partial charge in [0.15, 0.2) is 0 Å². The van der Waals surface area contributed by atoms with Crippen LogP contribution in [-0.4, -0.2) is 59.1 Å². The van der Waals surface area contributed by atoms with E-state index in [9.17, 15) is 24.3 Å². The molecule has 1 fully saturated rings. The summed E-state index contributed by atoms with van der Waals surface area (Å²) in [6.07, 6.45) is -2.77. The smallest absolute Gasteiger partial charge is 0.318 e. The fraction of sp³-hybridized carbons (Fsp3) is 0.750. The van der Waals surface area contributed by atoms with Crippen molar-refractivity contribution >= 4 is 91.6 Å². The molecule has 0 radical (unpaired) electrons. The number of ether oxygens (including phenoxy) is 3. The average Bonchev–Trinajstić information content (AvgIpc) is 2.53. The van der Waals surface area contributed by atoms with Gasteiger partial charge in [-0.05, 0) is 20.8 Å². The highest BCUT2D eigenvalue weighted by molar-refractivity contribution is 14.1. The number of hydrogen-bond donors (Lipinski definition) is 1. The molecule has 11 heteroatoms. The van der Waals surface area contributed by atoms with Gasteiger partial charge in [0, 0.05) is 12.8 Å². The second-order valence-corrected chi connectivity index (χ2v) is 11.8. The topological polar surface area (TPSA) is 116 Å². The molecule has 1 rings (SSSR count). The summed E-state index contributed by atoms with van der Waals surface area (Å²) < 4.78 is 14.8. The summed E-state index contributed by atoms with van der Waals surface area (Å²) in [5.74, 6) is -4.08. The Morgan fingerprint density at radius 3 is 1.41 bits per heavy atom. The minimum atomic E-state index is -1.24. The third kappa shape index (κ3) is 7.78. The lowest BCUT2D eigenvalue weighted by molar-refractivity contribution is -0.185. The Hall–Kier alpha value is 0.0700. The van der Waals surface area contributed by atoms with Crippen LogP contribution in [0.3, 0.4) is 0 Å². The maximum Gasteiger partial charge on any atom is 0.318 e. The van der Waals surface area contributed by atoms with Gasteiger partial charge in [0.05, 0.1) is 0 Å². The molecule has 1 aliphatic rings. The molecule has 5 unspecified atom stereocenters. The van der Waals surface area contributed by atoms with Crippen LogP contribution in [-0.2, 0) is 33.4 Å². The van der Waals surface area contributed by atoms with Crippen LogP contribution < -0.4 is 0 Å². The van der Waals surface area contributed by atoms with E-state index in [0.717, 1.165) is 0 Å². The minimum absolute atomic E-state index is 0.0367. The second kappa shape index (κ2) is 11.3. The summed E-state index contributed by atoms with van der Waals surface area (Å²) in [5, 5.41) is 9.64. The van der Waals surface area contributed by atoms with E-state index in [1.807, 2.05) is 67.8 Å². The maximum atomic E-state index is 12.0. The van der Waals surface area contributed by atoms with Gasteiger partial charge in [-0.1, -0.05) is 67.8 Å². The lowest BCUT2D eigenvalue weighted by Crippen LogP contribution is -2.51. The van der Waals surface area contributed by atoms with E-state index >= 15 is 0 Å². The highest BCUT2D eigenvalue weighted by atomic mass is 127. The Morgan fingerprint density at radius 2 is 1.11 bits per heavy atom. The number of carbonyl (C=O) groups excluding carboxylic acids is 3. The number of carbonyl (C=O) groups is 4.